The Morgan fingerprint density at radius 3 is 2.39 bits per heavy atom. The Hall–Kier alpha value is -3.10. The van der Waals surface area contributed by atoms with Crippen LogP contribution in [0.25, 0.3) is 6.08 Å². The van der Waals surface area contributed by atoms with Gasteiger partial charge in [0.05, 0.1) is 18.6 Å². The predicted molar refractivity (Wildman–Crippen MR) is 133 cm³/mol. The van der Waals surface area contributed by atoms with Gasteiger partial charge in [-0.05, 0) is 42.4 Å². The number of hydrogen-bond donors (Lipinski definition) is 0. The quantitative estimate of drug-likeness (QED) is 0.614. The number of nitrogens with zero attached hydrogens (tertiary/aromatic N) is 4. The van der Waals surface area contributed by atoms with E-state index in [1.54, 1.807) is 18.1 Å². The summed E-state index contributed by atoms with van der Waals surface area (Å²) in [4.78, 5) is 36.5. The molecule has 33 heavy (non-hydrogen) atoms. The molecule has 2 aliphatic rings. The highest BCUT2D eigenvalue weighted by molar-refractivity contribution is 8.14. The monoisotopic (exact) mass is 464 g/mol. The van der Waals surface area contributed by atoms with Crippen molar-refractivity contribution in [2.24, 2.45) is 4.99 Å². The van der Waals surface area contributed by atoms with Crippen molar-refractivity contribution >= 4 is 40.5 Å². The van der Waals surface area contributed by atoms with Gasteiger partial charge in [0.25, 0.3) is 5.91 Å². The van der Waals surface area contributed by atoms with Crippen LogP contribution in [0.3, 0.4) is 0 Å². The zero-order valence-electron chi connectivity index (χ0n) is 18.9. The SMILES string of the molecule is CCN1CCN(C(=O)CSC2=N/C(=C/c3ccc(OC)cc3)C(=O)N2c2ccccc2)CC1. The summed E-state index contributed by atoms with van der Waals surface area (Å²) in [5, 5.41) is 0.520. The second-order valence-electron chi connectivity index (χ2n) is 7.78. The van der Waals surface area contributed by atoms with Crippen molar-refractivity contribution in [3.63, 3.8) is 0 Å². The van der Waals surface area contributed by atoms with Crippen molar-refractivity contribution in [2.75, 3.05) is 50.5 Å². The van der Waals surface area contributed by atoms with Crippen LogP contribution in [0.5, 0.6) is 5.75 Å². The van der Waals surface area contributed by atoms with E-state index in [9.17, 15) is 9.59 Å². The zero-order valence-corrected chi connectivity index (χ0v) is 19.8. The highest BCUT2D eigenvalue weighted by atomic mass is 32.2. The number of piperazine rings is 1. The van der Waals surface area contributed by atoms with E-state index in [-0.39, 0.29) is 17.6 Å². The number of anilines is 1. The minimum atomic E-state index is -0.205. The molecule has 0 radical (unpaired) electrons. The van der Waals surface area contributed by atoms with E-state index in [0.29, 0.717) is 10.9 Å². The molecule has 2 aromatic carbocycles. The lowest BCUT2D eigenvalue weighted by Crippen LogP contribution is -2.49. The summed E-state index contributed by atoms with van der Waals surface area (Å²) in [6.45, 7) is 6.42. The topological polar surface area (TPSA) is 65.5 Å². The standard InChI is InChI=1S/C25H28N4O3S/c1-3-27-13-15-28(16-14-27)23(30)18-33-25-26-22(17-19-9-11-21(32-2)12-10-19)24(31)29(25)20-7-5-4-6-8-20/h4-12,17H,3,13-16,18H2,1-2H3/b22-17+. The summed E-state index contributed by atoms with van der Waals surface area (Å²) in [6, 6.07) is 16.9. The van der Waals surface area contributed by atoms with Crippen molar-refractivity contribution in [3.05, 3.63) is 65.9 Å². The van der Waals surface area contributed by atoms with Gasteiger partial charge in [-0.1, -0.05) is 49.0 Å². The number of carbonyl (C=O) groups excluding carboxylic acids is 2. The molecule has 0 aliphatic carbocycles. The number of carbonyl (C=O) groups is 2. The highest BCUT2D eigenvalue weighted by Gasteiger charge is 2.33. The second-order valence-corrected chi connectivity index (χ2v) is 8.72. The van der Waals surface area contributed by atoms with Gasteiger partial charge in [0, 0.05) is 26.2 Å². The first-order valence-corrected chi connectivity index (χ1v) is 12.0. The Labute approximate surface area is 198 Å². The molecule has 1 fully saturated rings. The molecule has 0 saturated carbocycles. The molecular formula is C25H28N4O3S. The van der Waals surface area contributed by atoms with Gasteiger partial charge < -0.3 is 14.5 Å². The summed E-state index contributed by atoms with van der Waals surface area (Å²) in [7, 11) is 1.62. The minimum Gasteiger partial charge on any atom is -0.497 e. The van der Waals surface area contributed by atoms with Gasteiger partial charge in [0.2, 0.25) is 5.91 Å². The van der Waals surface area contributed by atoms with Crippen LogP contribution >= 0.6 is 11.8 Å². The molecule has 2 aliphatic heterocycles. The lowest BCUT2D eigenvalue weighted by Gasteiger charge is -2.34. The van der Waals surface area contributed by atoms with Gasteiger partial charge >= 0.3 is 0 Å². The van der Waals surface area contributed by atoms with E-state index in [2.05, 4.69) is 16.8 Å². The van der Waals surface area contributed by atoms with E-state index in [4.69, 9.17) is 4.74 Å². The zero-order chi connectivity index (χ0) is 23.2. The third kappa shape index (κ3) is 5.46. The lowest BCUT2D eigenvalue weighted by molar-refractivity contribution is -0.130. The molecule has 4 rings (SSSR count). The molecule has 0 aromatic heterocycles. The summed E-state index contributed by atoms with van der Waals surface area (Å²) in [5.41, 5.74) is 1.93. The Balaban J connectivity index is 1.52. The molecule has 0 atom stereocenters. The van der Waals surface area contributed by atoms with Crippen molar-refractivity contribution in [3.8, 4) is 5.75 Å². The van der Waals surface area contributed by atoms with Crippen LogP contribution in [-0.2, 0) is 9.59 Å². The maximum atomic E-state index is 13.3. The van der Waals surface area contributed by atoms with Gasteiger partial charge in [0.1, 0.15) is 11.4 Å². The number of aliphatic imine (C=N–C) groups is 1. The number of para-hydroxylation sites is 1. The third-order valence-electron chi connectivity index (χ3n) is 5.76. The molecule has 2 aromatic rings. The number of amides is 2. The molecule has 7 nitrogen and oxygen atoms in total. The lowest BCUT2D eigenvalue weighted by atomic mass is 10.2. The largest absolute Gasteiger partial charge is 0.497 e. The Bertz CT molecular complexity index is 1050. The molecular weight excluding hydrogens is 436 g/mol. The second kappa shape index (κ2) is 10.7. The number of benzene rings is 2. The van der Waals surface area contributed by atoms with Crippen LogP contribution in [0.2, 0.25) is 0 Å². The first-order valence-electron chi connectivity index (χ1n) is 11.1. The Kier molecular flexibility index (Phi) is 7.47. The van der Waals surface area contributed by atoms with Gasteiger partial charge in [-0.15, -0.1) is 0 Å². The molecule has 0 spiro atoms. The molecule has 2 heterocycles. The normalized spacial score (nSPS) is 18.1. The molecule has 0 N–H and O–H groups in total. The minimum absolute atomic E-state index is 0.0755. The van der Waals surface area contributed by atoms with Gasteiger partial charge in [-0.3, -0.25) is 14.5 Å². The summed E-state index contributed by atoms with van der Waals surface area (Å²) >= 11 is 1.31. The fourth-order valence-corrected chi connectivity index (χ4v) is 4.70. The average Bonchev–Trinajstić information content (AvgIpc) is 3.18. The first-order chi connectivity index (χ1) is 16.1. The maximum Gasteiger partial charge on any atom is 0.283 e. The number of rotatable bonds is 6. The smallest absolute Gasteiger partial charge is 0.283 e. The predicted octanol–water partition coefficient (Wildman–Crippen LogP) is 3.34. The fraction of sp³-hybridized carbons (Fsp3) is 0.320. The van der Waals surface area contributed by atoms with Crippen LogP contribution in [0.15, 0.2) is 65.3 Å². The molecule has 2 amide bonds. The van der Waals surface area contributed by atoms with Crippen molar-refractivity contribution in [1.82, 2.24) is 9.80 Å². The maximum absolute atomic E-state index is 13.3. The molecule has 0 bridgehead atoms. The molecule has 8 heteroatoms. The van der Waals surface area contributed by atoms with Crippen LogP contribution in [0.4, 0.5) is 5.69 Å². The number of likely N-dealkylation sites (N-methyl/N-ethyl adjacent to an activating group) is 1. The fourth-order valence-electron chi connectivity index (χ4n) is 3.79. The van der Waals surface area contributed by atoms with Crippen LogP contribution in [0, 0.1) is 0 Å². The Morgan fingerprint density at radius 1 is 1.06 bits per heavy atom. The van der Waals surface area contributed by atoms with E-state index in [0.717, 1.165) is 49.7 Å². The van der Waals surface area contributed by atoms with E-state index < -0.39 is 0 Å². The highest BCUT2D eigenvalue weighted by Crippen LogP contribution is 2.29. The summed E-state index contributed by atoms with van der Waals surface area (Å²) in [6.07, 6.45) is 1.76. The molecule has 0 unspecified atom stereocenters. The summed E-state index contributed by atoms with van der Waals surface area (Å²) in [5.74, 6) is 0.867. The molecule has 172 valence electrons. The number of amidine groups is 1. The third-order valence-corrected chi connectivity index (χ3v) is 6.68. The van der Waals surface area contributed by atoms with Gasteiger partial charge in [0.15, 0.2) is 5.17 Å². The number of methoxy groups -OCH3 is 1. The van der Waals surface area contributed by atoms with Crippen LogP contribution in [0.1, 0.15) is 12.5 Å². The Morgan fingerprint density at radius 2 is 1.76 bits per heavy atom. The van der Waals surface area contributed by atoms with Crippen LogP contribution in [-0.4, -0.2) is 72.4 Å². The molecule has 1 saturated heterocycles. The average molecular weight is 465 g/mol. The van der Waals surface area contributed by atoms with E-state index in [1.165, 1.54) is 11.8 Å². The van der Waals surface area contributed by atoms with Gasteiger partial charge in [-0.25, -0.2) is 4.99 Å². The van der Waals surface area contributed by atoms with Gasteiger partial charge in [-0.2, -0.15) is 0 Å². The van der Waals surface area contributed by atoms with Crippen LogP contribution < -0.4 is 9.64 Å². The van der Waals surface area contributed by atoms with Crippen molar-refractivity contribution < 1.29 is 14.3 Å². The van der Waals surface area contributed by atoms with E-state index in [1.807, 2.05) is 59.5 Å². The first kappa shape index (κ1) is 23.1. The summed E-state index contributed by atoms with van der Waals surface area (Å²) < 4.78 is 5.20. The van der Waals surface area contributed by atoms with E-state index >= 15 is 0 Å². The van der Waals surface area contributed by atoms with Crippen molar-refractivity contribution in [1.29, 1.82) is 0 Å². The number of ether oxygens (including phenoxy) is 1. The van der Waals surface area contributed by atoms with Crippen molar-refractivity contribution in [2.45, 2.75) is 6.92 Å². The number of thioether (sulfide) groups is 1. The number of hydrogen-bond acceptors (Lipinski definition) is 6.